The van der Waals surface area contributed by atoms with Crippen LogP contribution in [0.2, 0.25) is 0 Å². The normalized spacial score (nSPS) is 14.6. The number of aromatic amines is 1. The van der Waals surface area contributed by atoms with Crippen molar-refractivity contribution >= 4 is 16.9 Å². The van der Waals surface area contributed by atoms with E-state index in [1.807, 2.05) is 54.6 Å². The Bertz CT molecular complexity index is 1860. The van der Waals surface area contributed by atoms with Crippen LogP contribution in [0.5, 0.6) is 5.75 Å². The quantitative estimate of drug-likeness (QED) is 0.0361. The van der Waals surface area contributed by atoms with Crippen LogP contribution >= 0.6 is 0 Å². The summed E-state index contributed by atoms with van der Waals surface area (Å²) in [7, 11) is 0. The number of nitrogens with zero attached hydrogens (tertiary/aromatic N) is 1. The van der Waals surface area contributed by atoms with Gasteiger partial charge in [0, 0.05) is 18.0 Å². The summed E-state index contributed by atoms with van der Waals surface area (Å²) >= 11 is 0. The number of aromatic nitrogens is 1. The Morgan fingerprint density at radius 2 is 1.33 bits per heavy atom. The van der Waals surface area contributed by atoms with Crippen molar-refractivity contribution in [2.45, 2.75) is 75.7 Å². The number of benzene rings is 4. The summed E-state index contributed by atoms with van der Waals surface area (Å²) in [5.41, 5.74) is 3.38. The first kappa shape index (κ1) is 39.9. The molecule has 8 heteroatoms. The third kappa shape index (κ3) is 10.7. The van der Waals surface area contributed by atoms with Crippen LogP contribution in [0, 0.1) is 5.92 Å². The van der Waals surface area contributed by atoms with Gasteiger partial charge in [-0.05, 0) is 92.2 Å². The number of phenols is 1. The molecule has 5 aromatic rings. The average Bonchev–Trinajstić information content (AvgIpc) is 3.22. The molecular weight excluding hydrogens is 687 g/mol. The van der Waals surface area contributed by atoms with Gasteiger partial charge in [-0.2, -0.15) is 0 Å². The molecule has 1 atom stereocenters. The van der Waals surface area contributed by atoms with Gasteiger partial charge in [0.15, 0.2) is 0 Å². The minimum atomic E-state index is -0.728. The topological polar surface area (TPSA) is 115 Å². The number of carbonyl (C=O) groups is 1. The second-order valence-electron chi connectivity index (χ2n) is 15.1. The van der Waals surface area contributed by atoms with E-state index in [-0.39, 0.29) is 23.7 Å². The van der Waals surface area contributed by atoms with Crippen molar-refractivity contribution < 1.29 is 19.7 Å². The summed E-state index contributed by atoms with van der Waals surface area (Å²) in [5.74, 6) is 0.241. The molecule has 1 aliphatic rings. The maximum Gasteiger partial charge on any atom is 0.307 e. The van der Waals surface area contributed by atoms with E-state index in [0.717, 1.165) is 68.6 Å². The van der Waals surface area contributed by atoms with Crippen LogP contribution in [0.4, 0.5) is 0 Å². The van der Waals surface area contributed by atoms with Gasteiger partial charge in [0.25, 0.3) is 0 Å². The molecule has 4 N–H and O–H groups in total. The van der Waals surface area contributed by atoms with Crippen LogP contribution in [-0.4, -0.2) is 65.4 Å². The second kappa shape index (κ2) is 20.2. The zero-order chi connectivity index (χ0) is 38.3. The first-order valence-corrected chi connectivity index (χ1v) is 20.2. The highest BCUT2D eigenvalue weighted by Crippen LogP contribution is 2.42. The van der Waals surface area contributed by atoms with Gasteiger partial charge in [0.2, 0.25) is 5.56 Å². The van der Waals surface area contributed by atoms with Crippen LogP contribution in [0.1, 0.15) is 92.6 Å². The summed E-state index contributed by atoms with van der Waals surface area (Å²) < 4.78 is 6.06. The van der Waals surface area contributed by atoms with Crippen LogP contribution in [0.25, 0.3) is 10.9 Å². The molecule has 0 spiro atoms. The van der Waals surface area contributed by atoms with E-state index in [1.54, 1.807) is 12.1 Å². The number of piperidine rings is 1. The summed E-state index contributed by atoms with van der Waals surface area (Å²) in [6, 6.07) is 37.3. The van der Waals surface area contributed by atoms with E-state index in [9.17, 15) is 19.8 Å². The number of carbonyl (C=O) groups excluding carboxylic acids is 1. The molecule has 8 nitrogen and oxygen atoms in total. The number of fused-ring (bicyclic) bond motifs is 1. The maximum absolute atomic E-state index is 13.7. The monoisotopic (exact) mass is 743 g/mol. The van der Waals surface area contributed by atoms with Gasteiger partial charge in [-0.25, -0.2) is 0 Å². The molecule has 290 valence electrons. The molecule has 0 unspecified atom stereocenters. The largest absolute Gasteiger partial charge is 0.506 e. The number of ether oxygens (including phenoxy) is 1. The number of H-pyrrole nitrogens is 1. The Labute approximate surface area is 325 Å². The van der Waals surface area contributed by atoms with Gasteiger partial charge in [-0.3, -0.25) is 9.59 Å². The Kier molecular flexibility index (Phi) is 14.7. The number of unbranched alkanes of at least 4 members (excludes halogenated alkanes) is 6. The number of phenolic OH excluding ortho intramolecular Hbond substituents is 1. The van der Waals surface area contributed by atoms with Gasteiger partial charge in [-0.1, -0.05) is 129 Å². The van der Waals surface area contributed by atoms with Crippen LogP contribution in [-0.2, 0) is 14.9 Å². The number of aromatic hydroxyl groups is 1. The van der Waals surface area contributed by atoms with E-state index in [0.29, 0.717) is 35.5 Å². The van der Waals surface area contributed by atoms with Crippen molar-refractivity contribution in [2.75, 3.05) is 39.3 Å². The fraction of sp³-hybridized carbons (Fsp3) is 0.404. The molecule has 0 bridgehead atoms. The van der Waals surface area contributed by atoms with Crippen LogP contribution < -0.4 is 10.9 Å². The van der Waals surface area contributed by atoms with Gasteiger partial charge in [0.1, 0.15) is 5.75 Å². The Morgan fingerprint density at radius 1 is 0.764 bits per heavy atom. The smallest absolute Gasteiger partial charge is 0.307 e. The van der Waals surface area contributed by atoms with Gasteiger partial charge in [-0.15, -0.1) is 0 Å². The molecule has 4 aromatic carbocycles. The lowest BCUT2D eigenvalue weighted by atomic mass is 9.67. The molecule has 0 radical (unpaired) electrons. The Hall–Kier alpha value is -4.76. The highest BCUT2D eigenvalue weighted by Gasteiger charge is 2.39. The number of likely N-dealkylation sites (tertiary alicyclic amines) is 1. The van der Waals surface area contributed by atoms with E-state index in [2.05, 4.69) is 51.6 Å². The molecule has 1 fully saturated rings. The summed E-state index contributed by atoms with van der Waals surface area (Å²) in [6.07, 6.45) is 10.1. The van der Waals surface area contributed by atoms with Crippen molar-refractivity contribution in [3.63, 3.8) is 0 Å². The predicted molar refractivity (Wildman–Crippen MR) is 220 cm³/mol. The lowest BCUT2D eigenvalue weighted by molar-refractivity contribution is -0.146. The lowest BCUT2D eigenvalue weighted by Crippen LogP contribution is -2.37. The number of nitrogens with one attached hydrogen (secondary N) is 2. The molecule has 55 heavy (non-hydrogen) atoms. The highest BCUT2D eigenvalue weighted by molar-refractivity contribution is 5.87. The number of hydrogen-bond acceptors (Lipinski definition) is 7. The molecule has 1 saturated heterocycles. The van der Waals surface area contributed by atoms with Crippen molar-refractivity contribution in [3.05, 3.63) is 148 Å². The summed E-state index contributed by atoms with van der Waals surface area (Å²) in [4.78, 5) is 30.5. The molecule has 0 amide bonds. The third-order valence-electron chi connectivity index (χ3n) is 11.3. The fourth-order valence-corrected chi connectivity index (χ4v) is 8.20. The minimum absolute atomic E-state index is 0.00102. The molecule has 0 saturated carbocycles. The summed E-state index contributed by atoms with van der Waals surface area (Å²) in [6.45, 7) is 5.01. The van der Waals surface area contributed by atoms with Crippen LogP contribution in [0.15, 0.2) is 120 Å². The number of aliphatic hydroxyl groups is 1. The van der Waals surface area contributed by atoms with Crippen LogP contribution in [0.3, 0.4) is 0 Å². The lowest BCUT2D eigenvalue weighted by Gasteiger charge is -2.35. The average molecular weight is 744 g/mol. The number of hydrogen-bond donors (Lipinski definition) is 4. The first-order valence-electron chi connectivity index (χ1n) is 20.2. The predicted octanol–water partition coefficient (Wildman–Crippen LogP) is 8.27. The van der Waals surface area contributed by atoms with Gasteiger partial charge in [0.05, 0.1) is 30.1 Å². The van der Waals surface area contributed by atoms with E-state index in [4.69, 9.17) is 4.74 Å². The van der Waals surface area contributed by atoms with E-state index < -0.39 is 11.5 Å². The molecule has 6 rings (SSSR count). The van der Waals surface area contributed by atoms with Crippen molar-refractivity contribution in [1.82, 2.24) is 15.2 Å². The zero-order valence-corrected chi connectivity index (χ0v) is 32.0. The summed E-state index contributed by atoms with van der Waals surface area (Å²) in [5, 5.41) is 24.8. The Balaban J connectivity index is 0.837. The highest BCUT2D eigenvalue weighted by atomic mass is 16.5. The van der Waals surface area contributed by atoms with Crippen molar-refractivity contribution in [3.8, 4) is 5.75 Å². The van der Waals surface area contributed by atoms with Gasteiger partial charge < -0.3 is 30.2 Å². The fourth-order valence-electron chi connectivity index (χ4n) is 8.20. The number of esters is 1. The molecule has 0 aliphatic carbocycles. The number of pyridine rings is 1. The molecular formula is C47H57N3O5. The number of rotatable bonds is 20. The SMILES string of the molecule is O=C(CC(c1ccccc1)(c1ccccc1)c1ccccc1)OCC1CCN(CCCCCCCCCNC[C@H](O)c2ccc(O)c3[nH]c(=O)ccc23)CC1. The van der Waals surface area contributed by atoms with Gasteiger partial charge >= 0.3 is 5.97 Å². The maximum atomic E-state index is 13.7. The van der Waals surface area contributed by atoms with Crippen molar-refractivity contribution in [1.29, 1.82) is 0 Å². The molecule has 1 aliphatic heterocycles. The molecule has 1 aromatic heterocycles. The zero-order valence-electron chi connectivity index (χ0n) is 32.0. The third-order valence-corrected chi connectivity index (χ3v) is 11.3. The second-order valence-corrected chi connectivity index (χ2v) is 15.1. The first-order chi connectivity index (χ1) is 26.9. The minimum Gasteiger partial charge on any atom is -0.506 e. The van der Waals surface area contributed by atoms with Crippen molar-refractivity contribution in [2.24, 2.45) is 5.92 Å². The number of aliphatic hydroxyl groups excluding tert-OH is 1. The van der Waals surface area contributed by atoms with E-state index in [1.165, 1.54) is 44.2 Å². The standard InChI is InChI=1S/C47H57N3O5/c51-42-25-23-40(41-24-26-44(53)49-46(41)42)43(52)34-48-29-15-4-2-1-3-5-16-30-50-31-27-36(28-32-50)35-55-45(54)33-47(37-17-9-6-10-18-37,38-19-11-7-12-20-38)39-21-13-8-14-22-39/h6-14,17-26,36,43,48,51-52H,1-5,15-16,27-35H2,(H,49,53)/t43-/m0/s1. The Morgan fingerprint density at radius 3 is 1.93 bits per heavy atom. The molecule has 2 heterocycles. The van der Waals surface area contributed by atoms with E-state index >= 15 is 0 Å².